The van der Waals surface area contributed by atoms with Gasteiger partial charge in [-0.3, -0.25) is 0 Å². The monoisotopic (exact) mass is 232 g/mol. The molecular formula is C12H21ClS. The van der Waals surface area contributed by atoms with Gasteiger partial charge in [-0.15, -0.1) is 11.6 Å². The molecule has 0 saturated carbocycles. The number of halogens is 1. The lowest BCUT2D eigenvalue weighted by Gasteiger charge is -2.32. The molecule has 0 amide bonds. The fourth-order valence-electron chi connectivity index (χ4n) is 2.20. The lowest BCUT2D eigenvalue weighted by atomic mass is 9.76. The van der Waals surface area contributed by atoms with Crippen molar-refractivity contribution in [2.75, 3.05) is 12.0 Å². The zero-order valence-electron chi connectivity index (χ0n) is 9.48. The summed E-state index contributed by atoms with van der Waals surface area (Å²) in [5, 5.41) is 0.267. The molecule has 1 rings (SSSR count). The molecular weight excluding hydrogens is 212 g/mol. The van der Waals surface area contributed by atoms with Crippen LogP contribution in [0.4, 0.5) is 0 Å². The van der Waals surface area contributed by atoms with Gasteiger partial charge in [0.1, 0.15) is 0 Å². The average Bonchev–Trinajstić information content (AvgIpc) is 2.00. The first kappa shape index (κ1) is 12.4. The second-order valence-electron chi connectivity index (χ2n) is 4.98. The smallest absolute Gasteiger partial charge is 0.0523 e. The molecule has 1 unspecified atom stereocenters. The van der Waals surface area contributed by atoms with Crippen LogP contribution in [0.15, 0.2) is 11.6 Å². The number of rotatable bonds is 4. The zero-order chi connectivity index (χ0) is 10.6. The number of hydrogen-bond acceptors (Lipinski definition) is 1. The van der Waals surface area contributed by atoms with E-state index >= 15 is 0 Å². The van der Waals surface area contributed by atoms with Crippen LogP contribution in [0.5, 0.6) is 0 Å². The Labute approximate surface area is 97.5 Å². The van der Waals surface area contributed by atoms with Crippen molar-refractivity contribution in [1.29, 1.82) is 0 Å². The summed E-state index contributed by atoms with van der Waals surface area (Å²) in [4.78, 5) is 0. The van der Waals surface area contributed by atoms with Gasteiger partial charge in [-0.2, -0.15) is 11.8 Å². The first-order valence-electron chi connectivity index (χ1n) is 5.36. The van der Waals surface area contributed by atoms with E-state index in [1.165, 1.54) is 25.0 Å². The van der Waals surface area contributed by atoms with E-state index in [1.54, 1.807) is 5.57 Å². The highest BCUT2D eigenvalue weighted by molar-refractivity contribution is 7.98. The van der Waals surface area contributed by atoms with Gasteiger partial charge in [0, 0.05) is 0 Å². The van der Waals surface area contributed by atoms with Gasteiger partial charge in [0.15, 0.2) is 0 Å². The van der Waals surface area contributed by atoms with Gasteiger partial charge in [-0.05, 0) is 43.1 Å². The van der Waals surface area contributed by atoms with E-state index in [9.17, 15) is 0 Å². The summed E-state index contributed by atoms with van der Waals surface area (Å²) < 4.78 is 0. The van der Waals surface area contributed by atoms with E-state index in [-0.39, 0.29) is 5.38 Å². The molecule has 0 aromatic heterocycles. The van der Waals surface area contributed by atoms with Crippen molar-refractivity contribution in [1.82, 2.24) is 0 Å². The molecule has 1 aliphatic carbocycles. The largest absolute Gasteiger partial charge is 0.165 e. The maximum atomic E-state index is 6.23. The Hall–Kier alpha value is 0.380. The lowest BCUT2D eigenvalue weighted by molar-refractivity contribution is 0.318. The van der Waals surface area contributed by atoms with Gasteiger partial charge in [-0.25, -0.2) is 0 Å². The molecule has 0 bridgehead atoms. The third kappa shape index (κ3) is 4.27. The Kier molecular flexibility index (Phi) is 4.86. The first-order chi connectivity index (χ1) is 6.53. The van der Waals surface area contributed by atoms with Gasteiger partial charge in [0.05, 0.1) is 5.38 Å². The first-order valence-corrected chi connectivity index (χ1v) is 7.19. The fraction of sp³-hybridized carbons (Fsp3) is 0.833. The van der Waals surface area contributed by atoms with E-state index in [0.717, 1.165) is 6.42 Å². The minimum Gasteiger partial charge on any atom is -0.165 e. The Bertz CT molecular complexity index is 208. The van der Waals surface area contributed by atoms with E-state index in [2.05, 4.69) is 26.2 Å². The summed E-state index contributed by atoms with van der Waals surface area (Å²) >= 11 is 8.16. The molecule has 0 fully saturated rings. The molecule has 0 aromatic rings. The Balaban J connectivity index is 2.43. The highest BCUT2D eigenvalue weighted by Gasteiger charge is 2.26. The number of alkyl halides is 1. The van der Waals surface area contributed by atoms with Gasteiger partial charge in [0.25, 0.3) is 0 Å². The summed E-state index contributed by atoms with van der Waals surface area (Å²) in [7, 11) is 0. The third-order valence-corrected chi connectivity index (χ3v) is 3.69. The Morgan fingerprint density at radius 2 is 2.29 bits per heavy atom. The van der Waals surface area contributed by atoms with E-state index in [4.69, 9.17) is 11.6 Å². The van der Waals surface area contributed by atoms with Crippen LogP contribution >= 0.6 is 23.4 Å². The minimum absolute atomic E-state index is 0.267. The standard InChI is InChI=1S/C12H21ClS/c1-12(2)8-10(5-4-6-14-3)7-11(13)9-12/h7,11H,4-6,8-9H2,1-3H3. The maximum Gasteiger partial charge on any atom is 0.0523 e. The number of hydrogen-bond donors (Lipinski definition) is 0. The van der Waals surface area contributed by atoms with Crippen molar-refractivity contribution >= 4 is 23.4 Å². The summed E-state index contributed by atoms with van der Waals surface area (Å²) in [6.45, 7) is 4.65. The van der Waals surface area contributed by atoms with Crippen molar-refractivity contribution in [3.8, 4) is 0 Å². The summed E-state index contributed by atoms with van der Waals surface area (Å²) in [6, 6.07) is 0. The summed E-state index contributed by atoms with van der Waals surface area (Å²) in [5.41, 5.74) is 1.99. The fourth-order valence-corrected chi connectivity index (χ4v) is 3.23. The van der Waals surface area contributed by atoms with Crippen molar-refractivity contribution in [2.45, 2.75) is 44.9 Å². The summed E-state index contributed by atoms with van der Waals surface area (Å²) in [5.74, 6) is 1.27. The van der Waals surface area contributed by atoms with Crippen molar-refractivity contribution in [3.05, 3.63) is 11.6 Å². The number of thioether (sulfide) groups is 1. The molecule has 1 atom stereocenters. The second-order valence-corrected chi connectivity index (χ2v) is 6.53. The zero-order valence-corrected chi connectivity index (χ0v) is 11.0. The quantitative estimate of drug-likeness (QED) is 0.391. The van der Waals surface area contributed by atoms with Crippen LogP contribution < -0.4 is 0 Å². The SMILES string of the molecule is CSCCCC1=CC(Cl)CC(C)(C)C1. The molecule has 0 aliphatic heterocycles. The highest BCUT2D eigenvalue weighted by atomic mass is 35.5. The molecule has 0 nitrogen and oxygen atoms in total. The van der Waals surface area contributed by atoms with Gasteiger partial charge in [0.2, 0.25) is 0 Å². The maximum absolute atomic E-state index is 6.23. The van der Waals surface area contributed by atoms with Crippen LogP contribution in [-0.2, 0) is 0 Å². The van der Waals surface area contributed by atoms with Crippen LogP contribution in [0.3, 0.4) is 0 Å². The number of allylic oxidation sites excluding steroid dienone is 2. The van der Waals surface area contributed by atoms with E-state index in [0.29, 0.717) is 5.41 Å². The molecule has 0 spiro atoms. The Morgan fingerprint density at radius 1 is 1.57 bits per heavy atom. The lowest BCUT2D eigenvalue weighted by Crippen LogP contribution is -2.22. The molecule has 0 N–H and O–H groups in total. The van der Waals surface area contributed by atoms with Gasteiger partial charge >= 0.3 is 0 Å². The van der Waals surface area contributed by atoms with Crippen LogP contribution in [0.2, 0.25) is 0 Å². The predicted octanol–water partition coefficient (Wildman–Crippen LogP) is 4.48. The second kappa shape index (κ2) is 5.46. The van der Waals surface area contributed by atoms with Gasteiger partial charge < -0.3 is 0 Å². The molecule has 14 heavy (non-hydrogen) atoms. The van der Waals surface area contributed by atoms with Crippen LogP contribution in [-0.4, -0.2) is 17.4 Å². The van der Waals surface area contributed by atoms with Crippen LogP contribution in [0, 0.1) is 5.41 Å². The summed E-state index contributed by atoms with van der Waals surface area (Å²) in [6.07, 6.45) is 9.36. The van der Waals surface area contributed by atoms with Crippen LogP contribution in [0.1, 0.15) is 39.5 Å². The van der Waals surface area contributed by atoms with E-state index in [1.807, 2.05) is 11.8 Å². The van der Waals surface area contributed by atoms with Crippen molar-refractivity contribution < 1.29 is 0 Å². The minimum atomic E-state index is 0.267. The molecule has 0 aromatic carbocycles. The molecule has 0 saturated heterocycles. The Morgan fingerprint density at radius 3 is 2.86 bits per heavy atom. The topological polar surface area (TPSA) is 0 Å². The molecule has 0 radical (unpaired) electrons. The van der Waals surface area contributed by atoms with Gasteiger partial charge in [-0.1, -0.05) is 25.5 Å². The van der Waals surface area contributed by atoms with Crippen molar-refractivity contribution in [3.63, 3.8) is 0 Å². The third-order valence-electron chi connectivity index (χ3n) is 2.72. The normalized spacial score (nSPS) is 26.0. The van der Waals surface area contributed by atoms with Crippen LogP contribution in [0.25, 0.3) is 0 Å². The molecule has 0 heterocycles. The van der Waals surface area contributed by atoms with E-state index < -0.39 is 0 Å². The highest BCUT2D eigenvalue weighted by Crippen LogP contribution is 2.38. The molecule has 2 heteroatoms. The molecule has 1 aliphatic rings. The predicted molar refractivity (Wildman–Crippen MR) is 68.4 cm³/mol. The van der Waals surface area contributed by atoms with Crippen molar-refractivity contribution in [2.24, 2.45) is 5.41 Å². The molecule has 82 valence electrons. The average molecular weight is 233 g/mol.